The molecule has 21 heavy (non-hydrogen) atoms. The Bertz CT molecular complexity index is 568. The van der Waals surface area contributed by atoms with E-state index in [0.29, 0.717) is 0 Å². The molecule has 0 amide bonds. The number of halogens is 2. The van der Waals surface area contributed by atoms with Gasteiger partial charge in [-0.1, -0.05) is 49.2 Å². The molecule has 0 saturated heterocycles. The highest BCUT2D eigenvalue weighted by Crippen LogP contribution is 2.25. The smallest absolute Gasteiger partial charge is 0.123 e. The molecule has 0 aliphatic carbocycles. The van der Waals surface area contributed by atoms with Crippen LogP contribution in [0.15, 0.2) is 48.5 Å². The SMILES string of the molecule is CCCC(NC(C)c1cccc(F)c1)c1ccc(Cl)cc1. The Morgan fingerprint density at radius 2 is 1.81 bits per heavy atom. The zero-order valence-corrected chi connectivity index (χ0v) is 13.2. The molecule has 0 aliphatic heterocycles. The number of hydrogen-bond acceptors (Lipinski definition) is 1. The molecule has 0 saturated carbocycles. The average molecular weight is 306 g/mol. The summed E-state index contributed by atoms with van der Waals surface area (Å²) in [6.07, 6.45) is 2.11. The molecule has 2 rings (SSSR count). The molecule has 0 radical (unpaired) electrons. The Morgan fingerprint density at radius 1 is 1.10 bits per heavy atom. The van der Waals surface area contributed by atoms with Crippen LogP contribution in [0.4, 0.5) is 4.39 Å². The van der Waals surface area contributed by atoms with Crippen LogP contribution < -0.4 is 5.32 Å². The molecule has 3 heteroatoms. The second kappa shape index (κ2) is 7.58. The molecule has 2 aromatic carbocycles. The van der Waals surface area contributed by atoms with E-state index >= 15 is 0 Å². The first kappa shape index (κ1) is 16.0. The van der Waals surface area contributed by atoms with Gasteiger partial charge in [0, 0.05) is 17.1 Å². The van der Waals surface area contributed by atoms with E-state index in [1.807, 2.05) is 30.3 Å². The van der Waals surface area contributed by atoms with Crippen LogP contribution in [0.5, 0.6) is 0 Å². The molecule has 2 atom stereocenters. The molecule has 1 N–H and O–H groups in total. The van der Waals surface area contributed by atoms with Gasteiger partial charge < -0.3 is 5.32 Å². The largest absolute Gasteiger partial charge is 0.303 e. The Morgan fingerprint density at radius 3 is 2.43 bits per heavy atom. The van der Waals surface area contributed by atoms with Crippen LogP contribution in [0.1, 0.15) is 49.9 Å². The molecule has 2 aromatic rings. The first-order valence-corrected chi connectivity index (χ1v) is 7.75. The lowest BCUT2D eigenvalue weighted by Crippen LogP contribution is -2.24. The molecule has 1 nitrogen and oxygen atoms in total. The summed E-state index contributed by atoms with van der Waals surface area (Å²) in [5.74, 6) is -0.195. The van der Waals surface area contributed by atoms with Crippen LogP contribution in [0, 0.1) is 5.82 Å². The normalized spacial score (nSPS) is 13.9. The Labute approximate surface area is 131 Å². The summed E-state index contributed by atoms with van der Waals surface area (Å²) in [6.45, 7) is 4.23. The highest BCUT2D eigenvalue weighted by Gasteiger charge is 2.15. The lowest BCUT2D eigenvalue weighted by Gasteiger charge is -2.24. The van der Waals surface area contributed by atoms with E-state index in [2.05, 4.69) is 19.2 Å². The van der Waals surface area contributed by atoms with E-state index in [4.69, 9.17) is 11.6 Å². The second-order valence-corrected chi connectivity index (χ2v) is 5.77. The van der Waals surface area contributed by atoms with Gasteiger partial charge in [-0.25, -0.2) is 4.39 Å². The molecule has 0 aromatic heterocycles. The van der Waals surface area contributed by atoms with Crippen LogP contribution in [0.2, 0.25) is 5.02 Å². The van der Waals surface area contributed by atoms with E-state index in [1.165, 1.54) is 11.6 Å². The van der Waals surface area contributed by atoms with E-state index in [-0.39, 0.29) is 17.9 Å². The number of rotatable bonds is 6. The molecule has 0 aliphatic rings. The van der Waals surface area contributed by atoms with Crippen molar-refractivity contribution in [2.75, 3.05) is 0 Å². The lowest BCUT2D eigenvalue weighted by molar-refractivity contribution is 0.438. The van der Waals surface area contributed by atoms with E-state index in [9.17, 15) is 4.39 Å². The Balaban J connectivity index is 2.14. The minimum absolute atomic E-state index is 0.0907. The van der Waals surface area contributed by atoms with Crippen molar-refractivity contribution >= 4 is 11.6 Å². The van der Waals surface area contributed by atoms with Gasteiger partial charge in [0.2, 0.25) is 0 Å². The minimum atomic E-state index is -0.195. The Hall–Kier alpha value is -1.38. The molecule has 0 fully saturated rings. The maximum Gasteiger partial charge on any atom is 0.123 e. The predicted octanol–water partition coefficient (Wildman–Crippen LogP) is 5.67. The van der Waals surface area contributed by atoms with Gasteiger partial charge in [0.05, 0.1) is 0 Å². The summed E-state index contributed by atoms with van der Waals surface area (Å²) < 4.78 is 13.3. The quantitative estimate of drug-likeness (QED) is 0.725. The third kappa shape index (κ3) is 4.55. The molecule has 112 valence electrons. The molecule has 0 heterocycles. The number of hydrogen-bond donors (Lipinski definition) is 1. The summed E-state index contributed by atoms with van der Waals surface area (Å²) in [5.41, 5.74) is 2.18. The van der Waals surface area contributed by atoms with E-state index < -0.39 is 0 Å². The standard InChI is InChI=1S/C18H21ClFN/c1-3-5-18(14-8-10-16(19)11-9-14)21-13(2)15-6-4-7-17(20)12-15/h4,6-13,18,21H,3,5H2,1-2H3. The number of benzene rings is 2. The van der Waals surface area contributed by atoms with Crippen LogP contribution in [-0.2, 0) is 0 Å². The van der Waals surface area contributed by atoms with Crippen molar-refractivity contribution in [3.05, 3.63) is 70.5 Å². The zero-order valence-electron chi connectivity index (χ0n) is 12.4. The Kier molecular flexibility index (Phi) is 5.77. The maximum atomic E-state index is 13.3. The molecule has 0 bridgehead atoms. The van der Waals surface area contributed by atoms with Gasteiger partial charge in [-0.05, 0) is 48.7 Å². The third-order valence-electron chi connectivity index (χ3n) is 3.65. The summed E-state index contributed by atoms with van der Waals surface area (Å²) in [7, 11) is 0. The second-order valence-electron chi connectivity index (χ2n) is 5.34. The summed E-state index contributed by atoms with van der Waals surface area (Å²) in [4.78, 5) is 0. The number of nitrogens with one attached hydrogen (secondary N) is 1. The van der Waals surface area contributed by atoms with E-state index in [1.54, 1.807) is 12.1 Å². The fourth-order valence-electron chi connectivity index (χ4n) is 2.50. The molecule has 2 unspecified atom stereocenters. The van der Waals surface area contributed by atoms with Crippen molar-refractivity contribution in [2.45, 2.75) is 38.8 Å². The van der Waals surface area contributed by atoms with Crippen molar-refractivity contribution in [2.24, 2.45) is 0 Å². The highest BCUT2D eigenvalue weighted by atomic mass is 35.5. The van der Waals surface area contributed by atoms with Crippen molar-refractivity contribution in [1.29, 1.82) is 0 Å². The van der Waals surface area contributed by atoms with Gasteiger partial charge in [0.15, 0.2) is 0 Å². The van der Waals surface area contributed by atoms with Crippen molar-refractivity contribution in [1.82, 2.24) is 5.32 Å². The molecule has 0 spiro atoms. The van der Waals surface area contributed by atoms with Gasteiger partial charge in [0.25, 0.3) is 0 Å². The maximum absolute atomic E-state index is 13.3. The van der Waals surface area contributed by atoms with E-state index in [0.717, 1.165) is 23.4 Å². The van der Waals surface area contributed by atoms with Gasteiger partial charge in [-0.2, -0.15) is 0 Å². The van der Waals surface area contributed by atoms with Gasteiger partial charge in [0.1, 0.15) is 5.82 Å². The molecular weight excluding hydrogens is 285 g/mol. The summed E-state index contributed by atoms with van der Waals surface area (Å²) in [5, 5.41) is 4.33. The zero-order chi connectivity index (χ0) is 15.2. The van der Waals surface area contributed by atoms with Gasteiger partial charge in [-0.15, -0.1) is 0 Å². The topological polar surface area (TPSA) is 12.0 Å². The first-order valence-electron chi connectivity index (χ1n) is 7.37. The van der Waals surface area contributed by atoms with Crippen LogP contribution in [0.3, 0.4) is 0 Å². The minimum Gasteiger partial charge on any atom is -0.303 e. The van der Waals surface area contributed by atoms with Crippen molar-refractivity contribution < 1.29 is 4.39 Å². The monoisotopic (exact) mass is 305 g/mol. The van der Waals surface area contributed by atoms with Crippen molar-refractivity contribution in [3.63, 3.8) is 0 Å². The third-order valence-corrected chi connectivity index (χ3v) is 3.90. The molecular formula is C18H21ClFN. The van der Waals surface area contributed by atoms with Gasteiger partial charge in [-0.3, -0.25) is 0 Å². The highest BCUT2D eigenvalue weighted by molar-refractivity contribution is 6.30. The predicted molar refractivity (Wildman–Crippen MR) is 87.1 cm³/mol. The van der Waals surface area contributed by atoms with Gasteiger partial charge >= 0.3 is 0 Å². The fraction of sp³-hybridized carbons (Fsp3) is 0.333. The van der Waals surface area contributed by atoms with Crippen LogP contribution in [-0.4, -0.2) is 0 Å². The first-order chi connectivity index (χ1) is 10.1. The van der Waals surface area contributed by atoms with Crippen LogP contribution in [0.25, 0.3) is 0 Å². The van der Waals surface area contributed by atoms with Crippen molar-refractivity contribution in [3.8, 4) is 0 Å². The summed E-state index contributed by atoms with van der Waals surface area (Å²) in [6, 6.07) is 15.0. The van der Waals surface area contributed by atoms with Crippen LogP contribution >= 0.6 is 11.6 Å². The lowest BCUT2D eigenvalue weighted by atomic mass is 9.99. The fourth-order valence-corrected chi connectivity index (χ4v) is 2.63. The average Bonchev–Trinajstić information content (AvgIpc) is 2.47. The summed E-state index contributed by atoms with van der Waals surface area (Å²) >= 11 is 5.95.